The zero-order valence-electron chi connectivity index (χ0n) is 16.1. The van der Waals surface area contributed by atoms with Gasteiger partial charge in [-0.25, -0.2) is 9.59 Å². The Bertz CT molecular complexity index is 1020. The van der Waals surface area contributed by atoms with Gasteiger partial charge in [-0.3, -0.25) is 4.79 Å². The van der Waals surface area contributed by atoms with Crippen LogP contribution in [0.3, 0.4) is 0 Å². The fourth-order valence-corrected chi connectivity index (χ4v) is 2.86. The summed E-state index contributed by atoms with van der Waals surface area (Å²) in [6.07, 6.45) is -0.732. The van der Waals surface area contributed by atoms with Gasteiger partial charge in [-0.2, -0.15) is 8.78 Å². The molecule has 3 rings (SSSR count). The summed E-state index contributed by atoms with van der Waals surface area (Å²) >= 11 is 0. The second-order valence-electron chi connectivity index (χ2n) is 6.65. The van der Waals surface area contributed by atoms with Gasteiger partial charge in [0.15, 0.2) is 18.1 Å². The lowest BCUT2D eigenvalue weighted by Gasteiger charge is -2.30. The van der Waals surface area contributed by atoms with Crippen LogP contribution in [0.25, 0.3) is 0 Å². The average Bonchev–Trinajstić information content (AvgIpc) is 3.03. The molecule has 160 valence electrons. The highest BCUT2D eigenvalue weighted by Gasteiger charge is 2.43. The van der Waals surface area contributed by atoms with Crippen LogP contribution in [-0.4, -0.2) is 35.9 Å². The third-order valence-electron chi connectivity index (χ3n) is 4.60. The molecule has 1 atom stereocenters. The molecule has 9 nitrogen and oxygen atoms in total. The Balaban J connectivity index is 1.74. The Morgan fingerprint density at radius 1 is 1.37 bits per heavy atom. The van der Waals surface area contributed by atoms with Gasteiger partial charge in [0.05, 0.1) is 5.94 Å². The first-order valence-corrected chi connectivity index (χ1v) is 9.04. The van der Waals surface area contributed by atoms with Crippen LogP contribution < -0.4 is 15.8 Å². The molecule has 1 aliphatic heterocycles. The minimum atomic E-state index is -3.58. The van der Waals surface area contributed by atoms with Gasteiger partial charge in [0.1, 0.15) is 11.3 Å². The predicted octanol–water partition coefficient (Wildman–Crippen LogP) is 1.38. The Morgan fingerprint density at radius 3 is 2.73 bits per heavy atom. The first-order valence-electron chi connectivity index (χ1n) is 9.04. The number of ether oxygens (including phenoxy) is 1. The van der Waals surface area contributed by atoms with Gasteiger partial charge in [0, 0.05) is 6.42 Å². The van der Waals surface area contributed by atoms with E-state index in [1.165, 1.54) is 19.1 Å². The molecule has 0 spiro atoms. The molecular weight excluding hydrogens is 407 g/mol. The molecule has 2 N–H and O–H groups in total. The summed E-state index contributed by atoms with van der Waals surface area (Å²) in [6.45, 7) is 2.26. The van der Waals surface area contributed by atoms with E-state index in [4.69, 9.17) is 13.8 Å². The zero-order valence-corrected chi connectivity index (χ0v) is 16.1. The number of nitrogens with one attached hydrogen (secondary N) is 1. The summed E-state index contributed by atoms with van der Waals surface area (Å²) in [7, 11) is -1.66. The van der Waals surface area contributed by atoms with Crippen LogP contribution in [-0.2, 0) is 22.6 Å². The molecule has 1 amide bonds. The number of esters is 1. The Hall–Kier alpha value is -3.15. The van der Waals surface area contributed by atoms with Crippen molar-refractivity contribution in [3.05, 3.63) is 51.5 Å². The molecule has 2 aromatic rings. The van der Waals surface area contributed by atoms with E-state index in [-0.39, 0.29) is 35.9 Å². The van der Waals surface area contributed by atoms with Crippen molar-refractivity contribution in [2.75, 3.05) is 0 Å². The summed E-state index contributed by atoms with van der Waals surface area (Å²) in [5.41, 5.74) is 0.379. The van der Waals surface area contributed by atoms with Crippen molar-refractivity contribution in [1.29, 1.82) is 0 Å². The summed E-state index contributed by atoms with van der Waals surface area (Å²) in [6, 6.07) is 4.46. The van der Waals surface area contributed by atoms with Gasteiger partial charge in [-0.15, -0.1) is 0 Å². The lowest BCUT2D eigenvalue weighted by atomic mass is 9.72. The van der Waals surface area contributed by atoms with Crippen molar-refractivity contribution in [1.82, 2.24) is 5.32 Å². The van der Waals surface area contributed by atoms with Crippen LogP contribution in [0.4, 0.5) is 8.78 Å². The van der Waals surface area contributed by atoms with E-state index in [0.29, 0.717) is 5.56 Å². The number of carbonyl (C=O) groups is 2. The topological polar surface area (TPSA) is 128 Å². The van der Waals surface area contributed by atoms with Gasteiger partial charge in [0.25, 0.3) is 5.91 Å². The second-order valence-corrected chi connectivity index (χ2v) is 6.65. The van der Waals surface area contributed by atoms with Gasteiger partial charge >= 0.3 is 24.8 Å². The van der Waals surface area contributed by atoms with Gasteiger partial charge in [-0.05, 0) is 25.0 Å². The van der Waals surface area contributed by atoms with E-state index in [0.717, 1.165) is 6.92 Å². The molecule has 0 radical (unpaired) electrons. The molecule has 0 bridgehead atoms. The molecule has 0 saturated carbocycles. The Kier molecular flexibility index (Phi) is 5.97. The van der Waals surface area contributed by atoms with Crippen LogP contribution >= 0.6 is 0 Å². The number of aryl methyl sites for hydroxylation is 1. The molecule has 1 aromatic carbocycles. The molecule has 30 heavy (non-hydrogen) atoms. The number of fused-ring (bicyclic) bond motifs is 1. The highest BCUT2D eigenvalue weighted by Crippen LogP contribution is 2.31. The van der Waals surface area contributed by atoms with Gasteiger partial charge in [0.2, 0.25) is 0 Å². The summed E-state index contributed by atoms with van der Waals surface area (Å²) in [4.78, 5) is 35.2. The third-order valence-corrected chi connectivity index (χ3v) is 4.60. The van der Waals surface area contributed by atoms with Gasteiger partial charge in [-0.1, -0.05) is 19.1 Å². The molecule has 12 heteroatoms. The van der Waals surface area contributed by atoms with Crippen LogP contribution in [0.15, 0.2) is 31.8 Å². The molecule has 0 fully saturated rings. The minimum absolute atomic E-state index is 0.00752. The molecule has 0 saturated heterocycles. The highest BCUT2D eigenvalue weighted by molar-refractivity contribution is 6.47. The SMILES string of the molecule is CCC(F)(F)C(=O)N[C@H]1Cc2cccc(C(=O)OCc3oc(=O)oc3C)c2OB1O. The van der Waals surface area contributed by atoms with Crippen LogP contribution in [0, 0.1) is 6.92 Å². The maximum Gasteiger partial charge on any atom is 0.547 e. The zero-order chi connectivity index (χ0) is 22.1. The maximum absolute atomic E-state index is 13.5. The Morgan fingerprint density at radius 2 is 2.10 bits per heavy atom. The smallest absolute Gasteiger partial charge is 0.534 e. The highest BCUT2D eigenvalue weighted by atomic mass is 19.3. The predicted molar refractivity (Wildman–Crippen MR) is 97.0 cm³/mol. The standard InChI is InChI=1S/C18H18BF2NO8/c1-3-18(20,21)16(24)22-13-7-10-5-4-6-11(14(10)30-19(13)26)15(23)27-8-12-9(2)28-17(25)29-12/h4-6,13,26H,3,7-8H2,1-2H3,(H,22,24)/t13-/m0/s1. The molecule has 1 aromatic heterocycles. The monoisotopic (exact) mass is 425 g/mol. The van der Waals surface area contributed by atoms with E-state index in [2.05, 4.69) is 9.73 Å². The molecule has 0 unspecified atom stereocenters. The van der Waals surface area contributed by atoms with E-state index in [1.807, 2.05) is 0 Å². The number of carbonyl (C=O) groups excluding carboxylic acids is 2. The molecule has 1 aliphatic rings. The second kappa shape index (κ2) is 8.30. The molecule has 2 heterocycles. The van der Waals surface area contributed by atoms with Crippen LogP contribution in [0.1, 0.15) is 40.8 Å². The number of benzene rings is 1. The van der Waals surface area contributed by atoms with E-state index in [9.17, 15) is 28.2 Å². The van der Waals surface area contributed by atoms with Crippen molar-refractivity contribution in [3.63, 3.8) is 0 Å². The first-order chi connectivity index (χ1) is 14.1. The first kappa shape index (κ1) is 21.6. The lowest BCUT2D eigenvalue weighted by molar-refractivity contribution is -0.146. The van der Waals surface area contributed by atoms with Crippen molar-refractivity contribution < 1.29 is 41.6 Å². The van der Waals surface area contributed by atoms with E-state index >= 15 is 0 Å². The largest absolute Gasteiger partial charge is 0.547 e. The summed E-state index contributed by atoms with van der Waals surface area (Å²) in [5.74, 6) is -7.77. The number of amides is 1. The number of alkyl halides is 2. The number of hydrogen-bond acceptors (Lipinski definition) is 8. The number of rotatable bonds is 6. The minimum Gasteiger partial charge on any atom is -0.534 e. The normalized spacial score (nSPS) is 15.9. The molecular formula is C18H18BF2NO8. The van der Waals surface area contributed by atoms with Gasteiger partial charge < -0.3 is 28.6 Å². The van der Waals surface area contributed by atoms with E-state index in [1.54, 1.807) is 6.07 Å². The van der Waals surface area contributed by atoms with Crippen molar-refractivity contribution in [2.45, 2.75) is 45.2 Å². The number of para-hydroxylation sites is 1. The fourth-order valence-electron chi connectivity index (χ4n) is 2.86. The molecule has 0 aliphatic carbocycles. The van der Waals surface area contributed by atoms with Crippen molar-refractivity contribution >= 4 is 19.0 Å². The summed E-state index contributed by atoms with van der Waals surface area (Å²) < 4.78 is 46.9. The quantitative estimate of drug-likeness (QED) is 0.525. The fraction of sp³-hybridized carbons (Fsp3) is 0.389. The summed E-state index contributed by atoms with van der Waals surface area (Å²) in [5, 5.41) is 12.2. The Labute approximate surface area is 169 Å². The maximum atomic E-state index is 13.5. The van der Waals surface area contributed by atoms with Crippen LogP contribution in [0.5, 0.6) is 5.75 Å². The van der Waals surface area contributed by atoms with E-state index < -0.39 is 43.1 Å². The third kappa shape index (κ3) is 4.38. The van der Waals surface area contributed by atoms with Crippen molar-refractivity contribution in [3.8, 4) is 5.75 Å². The number of halogens is 2. The van der Waals surface area contributed by atoms with Crippen LogP contribution in [0.2, 0.25) is 0 Å². The number of hydrogen-bond donors (Lipinski definition) is 2. The van der Waals surface area contributed by atoms with Crippen molar-refractivity contribution in [2.24, 2.45) is 0 Å². The average molecular weight is 425 g/mol. The lowest BCUT2D eigenvalue weighted by Crippen LogP contribution is -2.56.